The van der Waals surface area contributed by atoms with E-state index in [2.05, 4.69) is 43.9 Å². The van der Waals surface area contributed by atoms with Gasteiger partial charge in [0.05, 0.1) is 0 Å². The highest BCUT2D eigenvalue weighted by Crippen LogP contribution is 2.30. The number of rotatable bonds is 4. The average Bonchev–Trinajstić information content (AvgIpc) is 2.42. The monoisotopic (exact) mass is 260 g/mol. The molecule has 106 valence electrons. The summed E-state index contributed by atoms with van der Waals surface area (Å²) in [5, 5.41) is 0. The second-order valence-electron chi connectivity index (χ2n) is 5.98. The molecule has 1 aromatic carbocycles. The van der Waals surface area contributed by atoms with Crippen LogP contribution in [0.5, 0.6) is 0 Å². The Balaban J connectivity index is 2.15. The lowest BCUT2D eigenvalue weighted by Crippen LogP contribution is -2.42. The standard InChI is InChI=1S/C17H28N2/c1-13-7-8-16(12-14(13)2)15(3)19-11-5-4-6-17(19)9-10-18/h7-8,12,15,17H,4-6,9-11,18H2,1-3H3. The van der Waals surface area contributed by atoms with E-state index in [-0.39, 0.29) is 0 Å². The fourth-order valence-electron chi connectivity index (χ4n) is 3.25. The fraction of sp³-hybridized carbons (Fsp3) is 0.647. The van der Waals surface area contributed by atoms with E-state index in [1.54, 1.807) is 0 Å². The molecule has 2 N–H and O–H groups in total. The molecule has 1 aromatic rings. The van der Waals surface area contributed by atoms with Gasteiger partial charge in [-0.15, -0.1) is 0 Å². The molecule has 1 saturated heterocycles. The van der Waals surface area contributed by atoms with E-state index in [0.717, 1.165) is 13.0 Å². The summed E-state index contributed by atoms with van der Waals surface area (Å²) < 4.78 is 0. The molecule has 2 atom stereocenters. The second-order valence-corrected chi connectivity index (χ2v) is 5.98. The summed E-state index contributed by atoms with van der Waals surface area (Å²) in [5.74, 6) is 0. The van der Waals surface area contributed by atoms with E-state index in [1.807, 2.05) is 0 Å². The summed E-state index contributed by atoms with van der Waals surface area (Å²) in [5.41, 5.74) is 10.0. The van der Waals surface area contributed by atoms with E-state index in [1.165, 1.54) is 42.5 Å². The SMILES string of the molecule is Cc1ccc(C(C)N2CCCCC2CCN)cc1C. The summed E-state index contributed by atoms with van der Waals surface area (Å²) in [4.78, 5) is 2.67. The van der Waals surface area contributed by atoms with Gasteiger partial charge in [-0.3, -0.25) is 4.90 Å². The molecule has 1 aliphatic rings. The van der Waals surface area contributed by atoms with Crippen LogP contribution < -0.4 is 5.73 Å². The molecule has 2 heteroatoms. The zero-order valence-corrected chi connectivity index (χ0v) is 12.7. The molecular weight excluding hydrogens is 232 g/mol. The number of nitrogens with zero attached hydrogens (tertiary/aromatic N) is 1. The first-order valence-electron chi connectivity index (χ1n) is 7.66. The Bertz CT molecular complexity index is 412. The normalized spacial score (nSPS) is 22.4. The molecule has 0 bridgehead atoms. The number of piperidine rings is 1. The molecule has 19 heavy (non-hydrogen) atoms. The minimum absolute atomic E-state index is 0.510. The summed E-state index contributed by atoms with van der Waals surface area (Å²) >= 11 is 0. The van der Waals surface area contributed by atoms with E-state index in [4.69, 9.17) is 5.73 Å². The molecule has 2 nitrogen and oxygen atoms in total. The topological polar surface area (TPSA) is 29.3 Å². The third kappa shape index (κ3) is 3.37. The van der Waals surface area contributed by atoms with Gasteiger partial charge in [-0.05, 0) is 69.8 Å². The molecule has 0 amide bonds. The van der Waals surface area contributed by atoms with Gasteiger partial charge >= 0.3 is 0 Å². The summed E-state index contributed by atoms with van der Waals surface area (Å²) in [6, 6.07) is 8.09. The zero-order valence-electron chi connectivity index (χ0n) is 12.7. The molecule has 0 aliphatic carbocycles. The Morgan fingerprint density at radius 2 is 2.05 bits per heavy atom. The van der Waals surface area contributed by atoms with Crippen molar-refractivity contribution in [1.82, 2.24) is 4.90 Å². The number of hydrogen-bond donors (Lipinski definition) is 1. The highest BCUT2D eigenvalue weighted by Gasteiger charge is 2.26. The Morgan fingerprint density at radius 1 is 1.26 bits per heavy atom. The van der Waals surface area contributed by atoms with Crippen molar-refractivity contribution >= 4 is 0 Å². The van der Waals surface area contributed by atoms with Crippen LogP contribution in [0, 0.1) is 13.8 Å². The van der Waals surface area contributed by atoms with Gasteiger partial charge in [0.15, 0.2) is 0 Å². The van der Waals surface area contributed by atoms with Gasteiger partial charge in [0.1, 0.15) is 0 Å². The minimum Gasteiger partial charge on any atom is -0.330 e. The van der Waals surface area contributed by atoms with Crippen LogP contribution >= 0.6 is 0 Å². The van der Waals surface area contributed by atoms with Crippen LogP contribution in [-0.4, -0.2) is 24.0 Å². The van der Waals surface area contributed by atoms with Gasteiger partial charge < -0.3 is 5.73 Å². The molecule has 1 aliphatic heterocycles. The van der Waals surface area contributed by atoms with Crippen LogP contribution in [-0.2, 0) is 0 Å². The molecule has 0 radical (unpaired) electrons. The van der Waals surface area contributed by atoms with Crippen LogP contribution in [0.4, 0.5) is 0 Å². The number of benzene rings is 1. The van der Waals surface area contributed by atoms with Crippen molar-refractivity contribution in [3.8, 4) is 0 Å². The third-order valence-corrected chi connectivity index (χ3v) is 4.68. The molecule has 2 unspecified atom stereocenters. The van der Waals surface area contributed by atoms with Crippen molar-refractivity contribution in [2.45, 2.75) is 58.5 Å². The zero-order chi connectivity index (χ0) is 13.8. The lowest BCUT2D eigenvalue weighted by Gasteiger charge is -2.40. The Kier molecular flexibility index (Phi) is 5.00. The van der Waals surface area contributed by atoms with E-state index in [0.29, 0.717) is 12.1 Å². The third-order valence-electron chi connectivity index (χ3n) is 4.68. The minimum atomic E-state index is 0.510. The molecule has 0 aromatic heterocycles. The Labute approximate surface area is 118 Å². The summed E-state index contributed by atoms with van der Waals surface area (Å²) in [6.45, 7) is 8.76. The van der Waals surface area contributed by atoms with Crippen molar-refractivity contribution in [1.29, 1.82) is 0 Å². The van der Waals surface area contributed by atoms with Crippen molar-refractivity contribution in [2.24, 2.45) is 5.73 Å². The number of aryl methyl sites for hydroxylation is 2. The molecule has 1 fully saturated rings. The van der Waals surface area contributed by atoms with Gasteiger partial charge in [-0.25, -0.2) is 0 Å². The lowest BCUT2D eigenvalue weighted by atomic mass is 9.94. The molecule has 2 rings (SSSR count). The summed E-state index contributed by atoms with van der Waals surface area (Å²) in [7, 11) is 0. The van der Waals surface area contributed by atoms with Crippen LogP contribution in [0.25, 0.3) is 0 Å². The number of nitrogens with two attached hydrogens (primary N) is 1. The van der Waals surface area contributed by atoms with Crippen LogP contribution in [0.1, 0.15) is 55.3 Å². The Hall–Kier alpha value is -0.860. The van der Waals surface area contributed by atoms with Crippen molar-refractivity contribution < 1.29 is 0 Å². The first kappa shape index (κ1) is 14.5. The number of likely N-dealkylation sites (tertiary alicyclic amines) is 1. The van der Waals surface area contributed by atoms with E-state index < -0.39 is 0 Å². The lowest BCUT2D eigenvalue weighted by molar-refractivity contribution is 0.0984. The van der Waals surface area contributed by atoms with E-state index in [9.17, 15) is 0 Å². The van der Waals surface area contributed by atoms with Crippen molar-refractivity contribution in [2.75, 3.05) is 13.1 Å². The maximum Gasteiger partial charge on any atom is 0.0322 e. The maximum absolute atomic E-state index is 5.78. The average molecular weight is 260 g/mol. The quantitative estimate of drug-likeness (QED) is 0.896. The summed E-state index contributed by atoms with van der Waals surface area (Å²) in [6.07, 6.45) is 5.14. The van der Waals surface area contributed by atoms with Gasteiger partial charge in [0.2, 0.25) is 0 Å². The van der Waals surface area contributed by atoms with Crippen LogP contribution in [0.2, 0.25) is 0 Å². The van der Waals surface area contributed by atoms with Gasteiger partial charge in [-0.2, -0.15) is 0 Å². The largest absolute Gasteiger partial charge is 0.330 e. The van der Waals surface area contributed by atoms with Gasteiger partial charge in [0, 0.05) is 12.1 Å². The van der Waals surface area contributed by atoms with Crippen molar-refractivity contribution in [3.05, 3.63) is 34.9 Å². The van der Waals surface area contributed by atoms with Crippen LogP contribution in [0.15, 0.2) is 18.2 Å². The smallest absolute Gasteiger partial charge is 0.0322 e. The first-order valence-corrected chi connectivity index (χ1v) is 7.66. The number of hydrogen-bond acceptors (Lipinski definition) is 2. The predicted molar refractivity (Wildman–Crippen MR) is 82.3 cm³/mol. The highest BCUT2D eigenvalue weighted by molar-refractivity contribution is 5.31. The van der Waals surface area contributed by atoms with Crippen molar-refractivity contribution in [3.63, 3.8) is 0 Å². The molecular formula is C17H28N2. The Morgan fingerprint density at radius 3 is 2.74 bits per heavy atom. The second kappa shape index (κ2) is 6.53. The van der Waals surface area contributed by atoms with Gasteiger partial charge in [0.25, 0.3) is 0 Å². The highest BCUT2D eigenvalue weighted by atomic mass is 15.2. The van der Waals surface area contributed by atoms with E-state index >= 15 is 0 Å². The van der Waals surface area contributed by atoms with Gasteiger partial charge in [-0.1, -0.05) is 24.6 Å². The molecule has 1 heterocycles. The molecule has 0 saturated carbocycles. The molecule has 0 spiro atoms. The fourth-order valence-corrected chi connectivity index (χ4v) is 3.25. The first-order chi connectivity index (χ1) is 9.13. The van der Waals surface area contributed by atoms with Crippen LogP contribution in [0.3, 0.4) is 0 Å². The predicted octanol–water partition coefficient (Wildman–Crippen LogP) is 3.57. The maximum atomic E-state index is 5.78.